The van der Waals surface area contributed by atoms with Crippen LogP contribution in [0.25, 0.3) is 11.3 Å². The summed E-state index contributed by atoms with van der Waals surface area (Å²) in [5.41, 5.74) is 2.07. The molecular weight excluding hydrogens is 179 g/mol. The molecule has 1 aromatic heterocycles. The van der Waals surface area contributed by atoms with Gasteiger partial charge in [-0.25, -0.2) is 4.39 Å². The molecule has 2 nitrogen and oxygen atoms in total. The second-order valence-corrected chi connectivity index (χ2v) is 3.07. The summed E-state index contributed by atoms with van der Waals surface area (Å²) in [5.74, 6) is -0.215. The maximum Gasteiger partial charge on any atom is 0.126 e. The molecule has 2 aromatic rings. The average Bonchev–Trinajstić information content (AvgIpc) is 2.23. The van der Waals surface area contributed by atoms with Crippen LogP contribution in [-0.2, 0) is 0 Å². The number of nitrogens with zero attached hydrogens (tertiary/aromatic N) is 2. The van der Waals surface area contributed by atoms with Crippen LogP contribution in [0.5, 0.6) is 0 Å². The number of hydrogen-bond donors (Lipinski definition) is 0. The summed E-state index contributed by atoms with van der Waals surface area (Å²) in [6, 6.07) is 8.62. The van der Waals surface area contributed by atoms with E-state index in [2.05, 4.69) is 10.2 Å². The van der Waals surface area contributed by atoms with Crippen LogP contribution in [0, 0.1) is 12.7 Å². The number of hydrogen-bond acceptors (Lipinski definition) is 2. The van der Waals surface area contributed by atoms with E-state index < -0.39 is 0 Å². The lowest BCUT2D eigenvalue weighted by Gasteiger charge is -2.01. The quantitative estimate of drug-likeness (QED) is 0.687. The molecule has 0 atom stereocenters. The third kappa shape index (κ3) is 1.62. The van der Waals surface area contributed by atoms with Crippen LogP contribution in [0.4, 0.5) is 4.39 Å². The minimum atomic E-state index is -0.215. The number of halogens is 1. The molecule has 0 N–H and O–H groups in total. The van der Waals surface area contributed by atoms with Crippen LogP contribution in [0.3, 0.4) is 0 Å². The second kappa shape index (κ2) is 3.54. The Balaban J connectivity index is 2.48. The van der Waals surface area contributed by atoms with Gasteiger partial charge in [0.25, 0.3) is 0 Å². The van der Waals surface area contributed by atoms with Gasteiger partial charge in [0.1, 0.15) is 5.82 Å². The summed E-state index contributed by atoms with van der Waals surface area (Å²) in [4.78, 5) is 0. The van der Waals surface area contributed by atoms with E-state index in [9.17, 15) is 4.39 Å². The Bertz CT molecular complexity index is 440. The molecule has 1 aromatic carbocycles. The topological polar surface area (TPSA) is 25.8 Å². The van der Waals surface area contributed by atoms with Gasteiger partial charge in [0.2, 0.25) is 0 Å². The van der Waals surface area contributed by atoms with Crippen molar-refractivity contribution in [3.63, 3.8) is 0 Å². The van der Waals surface area contributed by atoms with Gasteiger partial charge in [0, 0.05) is 11.8 Å². The van der Waals surface area contributed by atoms with Crippen molar-refractivity contribution in [2.45, 2.75) is 6.92 Å². The molecule has 0 radical (unpaired) electrons. The highest BCUT2D eigenvalue weighted by atomic mass is 19.1. The molecular formula is C11H9FN2. The zero-order valence-corrected chi connectivity index (χ0v) is 7.74. The number of rotatable bonds is 1. The molecule has 0 aliphatic carbocycles. The Morgan fingerprint density at radius 2 is 2.07 bits per heavy atom. The Morgan fingerprint density at radius 3 is 2.71 bits per heavy atom. The van der Waals surface area contributed by atoms with Gasteiger partial charge < -0.3 is 0 Å². The summed E-state index contributed by atoms with van der Waals surface area (Å²) < 4.78 is 13.2. The summed E-state index contributed by atoms with van der Waals surface area (Å²) in [5, 5.41) is 7.64. The fourth-order valence-corrected chi connectivity index (χ4v) is 1.21. The van der Waals surface area contributed by atoms with Crippen molar-refractivity contribution < 1.29 is 4.39 Å². The highest BCUT2D eigenvalue weighted by molar-refractivity contribution is 5.58. The molecule has 1 heterocycles. The SMILES string of the molecule is Cc1ccc(-c2cccnn2)cc1F. The zero-order chi connectivity index (χ0) is 9.97. The van der Waals surface area contributed by atoms with E-state index in [-0.39, 0.29) is 5.82 Å². The molecule has 0 fully saturated rings. The molecule has 0 unspecified atom stereocenters. The number of aromatic nitrogens is 2. The van der Waals surface area contributed by atoms with Crippen LogP contribution in [0.2, 0.25) is 0 Å². The maximum atomic E-state index is 13.2. The van der Waals surface area contributed by atoms with Crippen LogP contribution >= 0.6 is 0 Å². The standard InChI is InChI=1S/C11H9FN2/c1-8-4-5-9(7-10(8)12)11-3-2-6-13-14-11/h2-7H,1H3. The summed E-state index contributed by atoms with van der Waals surface area (Å²) >= 11 is 0. The minimum absolute atomic E-state index is 0.215. The normalized spacial score (nSPS) is 10.1. The van der Waals surface area contributed by atoms with Crippen molar-refractivity contribution in [2.75, 3.05) is 0 Å². The van der Waals surface area contributed by atoms with Crippen molar-refractivity contribution in [3.05, 3.63) is 47.9 Å². The molecule has 0 bridgehead atoms. The van der Waals surface area contributed by atoms with Crippen molar-refractivity contribution in [1.82, 2.24) is 10.2 Å². The largest absolute Gasteiger partial charge is 0.207 e. The molecule has 3 heteroatoms. The lowest BCUT2D eigenvalue weighted by Crippen LogP contribution is -1.88. The zero-order valence-electron chi connectivity index (χ0n) is 7.74. The van der Waals surface area contributed by atoms with Gasteiger partial charge in [-0.15, -0.1) is 0 Å². The molecule has 0 amide bonds. The van der Waals surface area contributed by atoms with Crippen LogP contribution in [-0.4, -0.2) is 10.2 Å². The first kappa shape index (κ1) is 8.81. The third-order valence-electron chi connectivity index (χ3n) is 2.04. The van der Waals surface area contributed by atoms with Crippen LogP contribution in [0.15, 0.2) is 36.5 Å². The first-order valence-electron chi connectivity index (χ1n) is 4.31. The van der Waals surface area contributed by atoms with Gasteiger partial charge in [-0.3, -0.25) is 0 Å². The highest BCUT2D eigenvalue weighted by Crippen LogP contribution is 2.18. The van der Waals surface area contributed by atoms with Gasteiger partial charge in [0.15, 0.2) is 0 Å². The predicted molar refractivity (Wildman–Crippen MR) is 52.2 cm³/mol. The van der Waals surface area contributed by atoms with Crippen molar-refractivity contribution in [2.24, 2.45) is 0 Å². The van der Waals surface area contributed by atoms with E-state index >= 15 is 0 Å². The third-order valence-corrected chi connectivity index (χ3v) is 2.04. The Labute approximate surface area is 81.4 Å². The molecule has 0 saturated heterocycles. The molecule has 14 heavy (non-hydrogen) atoms. The van der Waals surface area contributed by atoms with Gasteiger partial charge in [-0.05, 0) is 30.7 Å². The fourth-order valence-electron chi connectivity index (χ4n) is 1.21. The smallest absolute Gasteiger partial charge is 0.126 e. The van der Waals surface area contributed by atoms with Gasteiger partial charge in [-0.2, -0.15) is 10.2 Å². The van der Waals surface area contributed by atoms with Crippen LogP contribution < -0.4 is 0 Å². The fraction of sp³-hybridized carbons (Fsp3) is 0.0909. The van der Waals surface area contributed by atoms with E-state index in [0.717, 1.165) is 5.56 Å². The lowest BCUT2D eigenvalue weighted by atomic mass is 10.1. The molecule has 70 valence electrons. The lowest BCUT2D eigenvalue weighted by molar-refractivity contribution is 0.619. The first-order valence-corrected chi connectivity index (χ1v) is 4.31. The molecule has 0 aliphatic rings. The van der Waals surface area contributed by atoms with Crippen molar-refractivity contribution in [1.29, 1.82) is 0 Å². The molecule has 0 spiro atoms. The number of benzene rings is 1. The minimum Gasteiger partial charge on any atom is -0.207 e. The van der Waals surface area contributed by atoms with Crippen molar-refractivity contribution in [3.8, 4) is 11.3 Å². The maximum absolute atomic E-state index is 13.2. The van der Waals surface area contributed by atoms with E-state index in [0.29, 0.717) is 11.3 Å². The molecule has 0 saturated carbocycles. The number of aryl methyl sites for hydroxylation is 1. The monoisotopic (exact) mass is 188 g/mol. The Morgan fingerprint density at radius 1 is 1.21 bits per heavy atom. The van der Waals surface area contributed by atoms with Gasteiger partial charge in [0.05, 0.1) is 5.69 Å². The van der Waals surface area contributed by atoms with E-state index in [1.165, 1.54) is 6.07 Å². The molecule has 0 aliphatic heterocycles. The van der Waals surface area contributed by atoms with E-state index in [1.807, 2.05) is 6.07 Å². The average molecular weight is 188 g/mol. The van der Waals surface area contributed by atoms with E-state index in [1.54, 1.807) is 31.3 Å². The second-order valence-electron chi connectivity index (χ2n) is 3.07. The molecule has 2 rings (SSSR count). The van der Waals surface area contributed by atoms with Crippen LogP contribution in [0.1, 0.15) is 5.56 Å². The first-order chi connectivity index (χ1) is 6.77. The Hall–Kier alpha value is -1.77. The van der Waals surface area contributed by atoms with E-state index in [4.69, 9.17) is 0 Å². The summed E-state index contributed by atoms with van der Waals surface area (Å²) in [6.07, 6.45) is 1.59. The summed E-state index contributed by atoms with van der Waals surface area (Å²) in [7, 11) is 0. The van der Waals surface area contributed by atoms with Crippen molar-refractivity contribution >= 4 is 0 Å². The predicted octanol–water partition coefficient (Wildman–Crippen LogP) is 2.59. The highest BCUT2D eigenvalue weighted by Gasteiger charge is 2.02. The summed E-state index contributed by atoms with van der Waals surface area (Å²) in [6.45, 7) is 1.73. The Kier molecular flexibility index (Phi) is 2.23. The van der Waals surface area contributed by atoms with Gasteiger partial charge in [-0.1, -0.05) is 12.1 Å². The van der Waals surface area contributed by atoms with Gasteiger partial charge >= 0.3 is 0 Å².